The number of rotatable bonds is 0. The van der Waals surface area contributed by atoms with Crippen LogP contribution < -0.4 is 0 Å². The summed E-state index contributed by atoms with van der Waals surface area (Å²) in [5.41, 5.74) is -2.71. The quantitative estimate of drug-likeness (QED) is 0.346. The van der Waals surface area contributed by atoms with Crippen molar-refractivity contribution in [2.24, 2.45) is 22.7 Å². The number of nitrogens with zero attached hydrogens (tertiary/aromatic N) is 1. The highest BCUT2D eigenvalue weighted by molar-refractivity contribution is 5.88. The van der Waals surface area contributed by atoms with E-state index in [1.165, 1.54) is 12.2 Å². The minimum atomic E-state index is -1.01. The largest absolute Gasteiger partial charge is 0.491 e. The third kappa shape index (κ3) is 3.97. The van der Waals surface area contributed by atoms with E-state index in [0.29, 0.717) is 22.9 Å². The van der Waals surface area contributed by atoms with Crippen LogP contribution in [0.2, 0.25) is 0 Å². The molecule has 2 bridgehead atoms. The Morgan fingerprint density at radius 1 is 0.675 bits per heavy atom. The van der Waals surface area contributed by atoms with Crippen LogP contribution in [-0.2, 0) is 60.8 Å². The SMILES string of the molecule is CC12CC3(C)C(=O)OCCOC(=O)C4(C)CC5(C)OC(=O)C=C(OCc6cccc(n6)COC(=CC(=O)O1)C23)C54. The smallest absolute Gasteiger partial charge is 0.334 e. The summed E-state index contributed by atoms with van der Waals surface area (Å²) in [4.78, 5) is 55.7. The molecule has 0 N–H and O–H groups in total. The van der Waals surface area contributed by atoms with Gasteiger partial charge in [-0.3, -0.25) is 14.6 Å². The molecular formula is C29H31NO10. The molecule has 6 rings (SSSR count). The number of ether oxygens (including phenoxy) is 6. The van der Waals surface area contributed by atoms with Crippen molar-refractivity contribution in [2.75, 3.05) is 13.2 Å². The van der Waals surface area contributed by atoms with E-state index in [2.05, 4.69) is 4.98 Å². The van der Waals surface area contributed by atoms with E-state index in [4.69, 9.17) is 28.4 Å². The molecule has 0 amide bonds. The van der Waals surface area contributed by atoms with Crippen LogP contribution in [0.25, 0.3) is 0 Å². The van der Waals surface area contributed by atoms with Gasteiger partial charge in [-0.2, -0.15) is 0 Å². The lowest BCUT2D eigenvalue weighted by Crippen LogP contribution is -2.66. The molecule has 2 saturated carbocycles. The molecule has 3 aliphatic heterocycles. The number of hydrogen-bond donors (Lipinski definition) is 0. The van der Waals surface area contributed by atoms with Crippen LogP contribution in [0.15, 0.2) is 41.9 Å². The molecule has 2 aliphatic carbocycles. The zero-order valence-electron chi connectivity index (χ0n) is 22.8. The number of carbonyl (C=O) groups is 4. The number of fused-ring (bicyclic) bond motifs is 2. The predicted molar refractivity (Wildman–Crippen MR) is 133 cm³/mol. The molecule has 0 saturated heterocycles. The van der Waals surface area contributed by atoms with Gasteiger partial charge in [-0.05, 0) is 39.8 Å². The molecule has 2 fully saturated rings. The number of aromatic nitrogens is 1. The average molecular weight is 554 g/mol. The topological polar surface area (TPSA) is 137 Å². The van der Waals surface area contributed by atoms with Gasteiger partial charge in [-0.15, -0.1) is 0 Å². The molecule has 6 unspecified atom stereocenters. The van der Waals surface area contributed by atoms with Crippen LogP contribution in [0.1, 0.15) is 51.9 Å². The number of carbonyl (C=O) groups excluding carboxylic acids is 4. The molecule has 11 nitrogen and oxygen atoms in total. The van der Waals surface area contributed by atoms with Crippen molar-refractivity contribution in [1.29, 1.82) is 0 Å². The number of hydrogen-bond acceptors (Lipinski definition) is 11. The van der Waals surface area contributed by atoms with Crippen molar-refractivity contribution in [3.05, 3.63) is 53.3 Å². The molecule has 11 heteroatoms. The van der Waals surface area contributed by atoms with E-state index in [0.717, 1.165) is 0 Å². The molecular weight excluding hydrogens is 522 g/mol. The highest BCUT2D eigenvalue weighted by Gasteiger charge is 2.70. The van der Waals surface area contributed by atoms with Crippen LogP contribution in [0, 0.1) is 22.7 Å². The first-order valence-corrected chi connectivity index (χ1v) is 13.3. The van der Waals surface area contributed by atoms with E-state index in [1.807, 2.05) is 0 Å². The van der Waals surface area contributed by atoms with Crippen LogP contribution in [0.3, 0.4) is 0 Å². The van der Waals surface area contributed by atoms with Gasteiger partial charge in [-0.25, -0.2) is 9.59 Å². The zero-order chi connectivity index (χ0) is 28.5. The monoisotopic (exact) mass is 553 g/mol. The zero-order valence-corrected chi connectivity index (χ0v) is 22.8. The molecule has 0 spiro atoms. The first-order valence-electron chi connectivity index (χ1n) is 13.3. The lowest BCUT2D eigenvalue weighted by molar-refractivity contribution is -0.229. The van der Waals surface area contributed by atoms with Crippen molar-refractivity contribution in [2.45, 2.75) is 65.0 Å². The van der Waals surface area contributed by atoms with Gasteiger partial charge in [0.05, 0.1) is 46.2 Å². The predicted octanol–water partition coefficient (Wildman–Crippen LogP) is 2.67. The molecule has 1 aromatic rings. The van der Waals surface area contributed by atoms with Gasteiger partial charge in [0.25, 0.3) is 0 Å². The second kappa shape index (κ2) is 8.81. The maximum absolute atomic E-state index is 13.2. The van der Waals surface area contributed by atoms with Gasteiger partial charge in [0.15, 0.2) is 0 Å². The van der Waals surface area contributed by atoms with Gasteiger partial charge in [0.2, 0.25) is 0 Å². The number of esters is 4. The lowest BCUT2D eigenvalue weighted by atomic mass is 9.51. The van der Waals surface area contributed by atoms with Gasteiger partial charge in [-0.1, -0.05) is 6.07 Å². The molecule has 0 radical (unpaired) electrons. The highest BCUT2D eigenvalue weighted by atomic mass is 16.6. The molecule has 6 atom stereocenters. The van der Waals surface area contributed by atoms with Crippen LogP contribution in [0.4, 0.5) is 0 Å². The second-order valence-corrected chi connectivity index (χ2v) is 12.1. The fraction of sp³-hybridized carbons (Fsp3) is 0.552. The summed E-state index contributed by atoms with van der Waals surface area (Å²) < 4.78 is 34.3. The Kier molecular flexibility index (Phi) is 5.80. The normalized spacial score (nSPS) is 39.0. The fourth-order valence-electron chi connectivity index (χ4n) is 7.52. The van der Waals surface area contributed by atoms with E-state index in [9.17, 15) is 19.2 Å². The maximum Gasteiger partial charge on any atom is 0.334 e. The summed E-state index contributed by atoms with van der Waals surface area (Å²) in [6, 6.07) is 5.34. The number of cyclic esters (lactones) is 2. The minimum absolute atomic E-state index is 0.0425. The first-order chi connectivity index (χ1) is 18.9. The van der Waals surface area contributed by atoms with E-state index >= 15 is 0 Å². The summed E-state index contributed by atoms with van der Waals surface area (Å²) in [5.74, 6) is -2.55. The number of pyridine rings is 1. The molecule has 5 aliphatic rings. The van der Waals surface area contributed by atoms with Crippen molar-refractivity contribution in [3.8, 4) is 0 Å². The maximum atomic E-state index is 13.2. The van der Waals surface area contributed by atoms with Crippen LogP contribution >= 0.6 is 0 Å². The van der Waals surface area contributed by atoms with Crippen LogP contribution in [0.5, 0.6) is 0 Å². The van der Waals surface area contributed by atoms with Gasteiger partial charge < -0.3 is 28.4 Å². The molecule has 4 heterocycles. The Labute approximate surface area is 230 Å². The molecule has 1 aromatic heterocycles. The third-order valence-electron chi connectivity index (χ3n) is 8.81. The van der Waals surface area contributed by atoms with Crippen molar-refractivity contribution in [3.63, 3.8) is 0 Å². The van der Waals surface area contributed by atoms with E-state index in [-0.39, 0.29) is 39.3 Å². The Morgan fingerprint density at radius 3 is 1.52 bits per heavy atom. The highest BCUT2D eigenvalue weighted by Crippen LogP contribution is 2.62. The van der Waals surface area contributed by atoms with Crippen molar-refractivity contribution >= 4 is 23.9 Å². The standard InChI is InChI=1S/C29H31NO10/c1-26-14-28(3)22(26)18(10-20(31)39-28)37-12-16-6-5-7-17(30-16)13-38-19-11-21(32)40-29(4)15-27(2,23(19)29)25(34)36-9-8-35-24(26)33/h5-7,10-11,22-23H,8-9,12-15H2,1-4H3. The van der Waals surface area contributed by atoms with E-state index in [1.54, 1.807) is 45.9 Å². The van der Waals surface area contributed by atoms with Gasteiger partial charge in [0, 0.05) is 12.8 Å². The summed E-state index contributed by atoms with van der Waals surface area (Å²) in [5, 5.41) is 0. The van der Waals surface area contributed by atoms with Crippen molar-refractivity contribution < 1.29 is 47.6 Å². The van der Waals surface area contributed by atoms with Crippen LogP contribution in [-0.4, -0.2) is 53.3 Å². The summed E-state index contributed by atoms with van der Waals surface area (Å²) in [6.45, 7) is 6.82. The third-order valence-corrected chi connectivity index (χ3v) is 8.81. The Morgan fingerprint density at radius 2 is 1.10 bits per heavy atom. The summed E-state index contributed by atoms with van der Waals surface area (Å²) in [6.07, 6.45) is 3.03. The summed E-state index contributed by atoms with van der Waals surface area (Å²) in [7, 11) is 0. The minimum Gasteiger partial charge on any atom is -0.491 e. The van der Waals surface area contributed by atoms with E-state index < -0.39 is 57.7 Å². The Balaban J connectivity index is 1.31. The average Bonchev–Trinajstić information content (AvgIpc) is 2.85. The molecule has 0 aromatic carbocycles. The molecule has 40 heavy (non-hydrogen) atoms. The van der Waals surface area contributed by atoms with Gasteiger partial charge >= 0.3 is 23.9 Å². The molecule has 212 valence electrons. The second-order valence-electron chi connectivity index (χ2n) is 12.1. The Hall–Kier alpha value is -3.89. The lowest BCUT2D eigenvalue weighted by Gasteiger charge is -2.58. The summed E-state index contributed by atoms with van der Waals surface area (Å²) >= 11 is 0. The van der Waals surface area contributed by atoms with Crippen molar-refractivity contribution in [1.82, 2.24) is 4.98 Å². The fourth-order valence-corrected chi connectivity index (χ4v) is 7.52. The van der Waals surface area contributed by atoms with Gasteiger partial charge in [0.1, 0.15) is 49.1 Å². The Bertz CT molecular complexity index is 1290. The first kappa shape index (κ1) is 26.3.